The minimum absolute atomic E-state index is 0.894. The summed E-state index contributed by atoms with van der Waals surface area (Å²) >= 11 is 0. The molecule has 0 bridgehead atoms. The lowest BCUT2D eigenvalue weighted by Gasteiger charge is -2.25. The van der Waals surface area contributed by atoms with Crippen LogP contribution in [-0.4, -0.2) is 0 Å². The highest BCUT2D eigenvalue weighted by atomic mass is 16.3. The predicted molar refractivity (Wildman–Crippen MR) is 139 cm³/mol. The zero-order valence-electron chi connectivity index (χ0n) is 18.4. The molecular formula is C31H23NO. The molecule has 0 atom stereocenters. The van der Waals surface area contributed by atoms with Crippen LogP contribution in [0.3, 0.4) is 0 Å². The van der Waals surface area contributed by atoms with Gasteiger partial charge in [-0.2, -0.15) is 0 Å². The Hall–Kier alpha value is -4.30. The number of hydrogen-bond donors (Lipinski definition) is 0. The molecule has 33 heavy (non-hydrogen) atoms. The molecule has 2 nitrogen and oxygen atoms in total. The van der Waals surface area contributed by atoms with E-state index in [2.05, 4.69) is 115 Å². The van der Waals surface area contributed by atoms with Crippen LogP contribution in [0.15, 0.2) is 126 Å². The van der Waals surface area contributed by atoms with Gasteiger partial charge in [0.2, 0.25) is 0 Å². The van der Waals surface area contributed by atoms with Crippen molar-refractivity contribution in [2.45, 2.75) is 6.92 Å². The lowest BCUT2D eigenvalue weighted by molar-refractivity contribution is 0.669. The van der Waals surface area contributed by atoms with Crippen LogP contribution in [0.25, 0.3) is 33.1 Å². The van der Waals surface area contributed by atoms with Crippen molar-refractivity contribution < 1.29 is 4.42 Å². The number of rotatable bonds is 4. The monoisotopic (exact) mass is 425 g/mol. The van der Waals surface area contributed by atoms with Crippen molar-refractivity contribution in [1.29, 1.82) is 0 Å². The SMILES string of the molecule is Cc1cccc(-c2ccc(N(c3ccccc3)c3ccc4c(c3)oc3ccccc34)cc2)c1. The van der Waals surface area contributed by atoms with E-state index < -0.39 is 0 Å². The first-order chi connectivity index (χ1) is 16.3. The second-order valence-electron chi connectivity index (χ2n) is 8.37. The van der Waals surface area contributed by atoms with Gasteiger partial charge in [-0.05, 0) is 60.5 Å². The summed E-state index contributed by atoms with van der Waals surface area (Å²) in [6, 6.07) is 42.5. The van der Waals surface area contributed by atoms with Crippen LogP contribution < -0.4 is 4.90 Å². The van der Waals surface area contributed by atoms with Crippen molar-refractivity contribution >= 4 is 39.0 Å². The number of nitrogens with zero attached hydrogens (tertiary/aromatic N) is 1. The predicted octanol–water partition coefficient (Wildman–Crippen LogP) is 9.03. The summed E-state index contributed by atoms with van der Waals surface area (Å²) in [6.07, 6.45) is 0. The number of hydrogen-bond acceptors (Lipinski definition) is 2. The quantitative estimate of drug-likeness (QED) is 0.280. The van der Waals surface area contributed by atoms with E-state index in [0.29, 0.717) is 0 Å². The Kier molecular flexibility index (Phi) is 4.70. The van der Waals surface area contributed by atoms with Crippen LogP contribution >= 0.6 is 0 Å². The van der Waals surface area contributed by atoms with Gasteiger partial charge in [0.05, 0.1) is 0 Å². The van der Waals surface area contributed by atoms with Gasteiger partial charge in [-0.3, -0.25) is 0 Å². The van der Waals surface area contributed by atoms with E-state index in [4.69, 9.17) is 4.42 Å². The van der Waals surface area contributed by atoms with E-state index in [1.807, 2.05) is 18.2 Å². The number of para-hydroxylation sites is 2. The van der Waals surface area contributed by atoms with E-state index in [0.717, 1.165) is 39.0 Å². The molecule has 0 aliphatic heterocycles. The molecule has 6 aromatic rings. The maximum absolute atomic E-state index is 6.18. The zero-order valence-corrected chi connectivity index (χ0v) is 18.4. The standard InChI is InChI=1S/C31H23NO/c1-22-8-7-9-24(20-22)23-14-16-26(17-15-23)32(25-10-3-2-4-11-25)27-18-19-29-28-12-5-6-13-30(28)33-31(29)21-27/h2-21H,1H3. The molecule has 1 aromatic heterocycles. The fraction of sp³-hybridized carbons (Fsp3) is 0.0323. The molecule has 5 aromatic carbocycles. The average Bonchev–Trinajstić information content (AvgIpc) is 3.23. The number of benzene rings is 5. The third-order valence-corrected chi connectivity index (χ3v) is 6.11. The summed E-state index contributed by atoms with van der Waals surface area (Å²) in [5.74, 6) is 0. The lowest BCUT2D eigenvalue weighted by Crippen LogP contribution is -2.09. The van der Waals surface area contributed by atoms with E-state index in [9.17, 15) is 0 Å². The van der Waals surface area contributed by atoms with Gasteiger partial charge in [0.1, 0.15) is 11.2 Å². The van der Waals surface area contributed by atoms with Gasteiger partial charge in [0.25, 0.3) is 0 Å². The summed E-state index contributed by atoms with van der Waals surface area (Å²) in [5.41, 5.74) is 8.80. The van der Waals surface area contributed by atoms with Crippen LogP contribution in [0.1, 0.15) is 5.56 Å². The Morgan fingerprint density at radius 1 is 0.485 bits per heavy atom. The fourth-order valence-corrected chi connectivity index (χ4v) is 4.51. The normalized spacial score (nSPS) is 11.2. The van der Waals surface area contributed by atoms with Gasteiger partial charge < -0.3 is 9.32 Å². The van der Waals surface area contributed by atoms with Crippen molar-refractivity contribution in [3.8, 4) is 11.1 Å². The van der Waals surface area contributed by atoms with E-state index in [-0.39, 0.29) is 0 Å². The Labute approximate surface area is 193 Å². The van der Waals surface area contributed by atoms with Crippen LogP contribution in [-0.2, 0) is 0 Å². The van der Waals surface area contributed by atoms with Crippen LogP contribution in [0, 0.1) is 6.92 Å². The highest BCUT2D eigenvalue weighted by Crippen LogP contribution is 2.38. The average molecular weight is 426 g/mol. The molecule has 0 amide bonds. The third kappa shape index (κ3) is 3.56. The van der Waals surface area contributed by atoms with Crippen molar-refractivity contribution in [2.24, 2.45) is 0 Å². The van der Waals surface area contributed by atoms with E-state index in [1.54, 1.807) is 0 Å². The number of furan rings is 1. The maximum Gasteiger partial charge on any atom is 0.137 e. The summed E-state index contributed by atoms with van der Waals surface area (Å²) < 4.78 is 6.18. The molecule has 2 heteroatoms. The molecule has 0 N–H and O–H groups in total. The molecule has 6 rings (SSSR count). The molecule has 0 fully saturated rings. The Morgan fingerprint density at radius 3 is 2.00 bits per heavy atom. The summed E-state index contributed by atoms with van der Waals surface area (Å²) in [5, 5.41) is 2.28. The van der Waals surface area contributed by atoms with Gasteiger partial charge in [-0.15, -0.1) is 0 Å². The first kappa shape index (κ1) is 19.4. The number of fused-ring (bicyclic) bond motifs is 3. The summed E-state index contributed by atoms with van der Waals surface area (Å²) in [6.45, 7) is 2.13. The molecule has 0 aliphatic carbocycles. The first-order valence-electron chi connectivity index (χ1n) is 11.2. The summed E-state index contributed by atoms with van der Waals surface area (Å²) in [7, 11) is 0. The van der Waals surface area contributed by atoms with Crippen LogP contribution in [0.4, 0.5) is 17.1 Å². The second-order valence-corrected chi connectivity index (χ2v) is 8.37. The van der Waals surface area contributed by atoms with Crippen molar-refractivity contribution in [2.75, 3.05) is 4.90 Å². The molecule has 158 valence electrons. The third-order valence-electron chi connectivity index (χ3n) is 6.11. The highest BCUT2D eigenvalue weighted by molar-refractivity contribution is 6.06. The topological polar surface area (TPSA) is 16.4 Å². The fourth-order valence-electron chi connectivity index (χ4n) is 4.51. The van der Waals surface area contributed by atoms with E-state index in [1.165, 1.54) is 16.7 Å². The Balaban J connectivity index is 1.47. The molecule has 0 radical (unpaired) electrons. The number of anilines is 3. The van der Waals surface area contributed by atoms with Crippen molar-refractivity contribution in [1.82, 2.24) is 0 Å². The summed E-state index contributed by atoms with van der Waals surface area (Å²) in [4.78, 5) is 2.27. The largest absolute Gasteiger partial charge is 0.456 e. The van der Waals surface area contributed by atoms with Gasteiger partial charge in [-0.1, -0.05) is 78.4 Å². The van der Waals surface area contributed by atoms with Crippen molar-refractivity contribution in [3.63, 3.8) is 0 Å². The molecule has 0 spiro atoms. The lowest BCUT2D eigenvalue weighted by atomic mass is 10.0. The molecular weight excluding hydrogens is 402 g/mol. The Morgan fingerprint density at radius 2 is 1.18 bits per heavy atom. The second kappa shape index (κ2) is 7.99. The minimum atomic E-state index is 0.894. The minimum Gasteiger partial charge on any atom is -0.456 e. The first-order valence-corrected chi connectivity index (χ1v) is 11.2. The maximum atomic E-state index is 6.18. The van der Waals surface area contributed by atoms with Crippen molar-refractivity contribution in [3.05, 3.63) is 127 Å². The van der Waals surface area contributed by atoms with Crippen LogP contribution in [0.2, 0.25) is 0 Å². The molecule has 0 aliphatic rings. The molecule has 0 unspecified atom stereocenters. The molecule has 0 saturated carbocycles. The molecule has 0 saturated heterocycles. The molecule has 1 heterocycles. The van der Waals surface area contributed by atoms with Gasteiger partial charge in [0.15, 0.2) is 0 Å². The highest BCUT2D eigenvalue weighted by Gasteiger charge is 2.15. The Bertz CT molecular complexity index is 1560. The van der Waals surface area contributed by atoms with Gasteiger partial charge in [0, 0.05) is 33.9 Å². The smallest absolute Gasteiger partial charge is 0.137 e. The zero-order chi connectivity index (χ0) is 22.2. The van der Waals surface area contributed by atoms with Gasteiger partial charge >= 0.3 is 0 Å². The number of aryl methyl sites for hydroxylation is 1. The van der Waals surface area contributed by atoms with Crippen LogP contribution in [0.5, 0.6) is 0 Å². The van der Waals surface area contributed by atoms with E-state index >= 15 is 0 Å². The van der Waals surface area contributed by atoms with Gasteiger partial charge in [-0.25, -0.2) is 0 Å².